The molecular weight excluding hydrogens is 871 g/mol. The number of hydrogen-bond donors (Lipinski definition) is 4. The average molecular weight is 934 g/mol. The molecule has 0 unspecified atom stereocenters. The molecule has 3 amide bonds. The van der Waals surface area contributed by atoms with E-state index in [1.54, 1.807) is 30.3 Å². The zero-order chi connectivity index (χ0) is 46.7. The molecule has 0 radical (unpaired) electrons. The molecule has 0 saturated carbocycles. The Hall–Kier alpha value is -4.23. The third-order valence-electron chi connectivity index (χ3n) is 12.3. The Morgan fingerprint density at radius 2 is 1.59 bits per heavy atom. The van der Waals surface area contributed by atoms with E-state index in [0.29, 0.717) is 25.1 Å². The van der Waals surface area contributed by atoms with Gasteiger partial charge in [0.1, 0.15) is 36.2 Å². The molecule has 0 spiro atoms. The highest BCUT2D eigenvalue weighted by Crippen LogP contribution is 2.44. The lowest BCUT2D eigenvalue weighted by molar-refractivity contribution is -0.238. The molecule has 9 atom stereocenters. The number of ether oxygens (including phenoxy) is 6. The van der Waals surface area contributed by atoms with E-state index in [0.717, 1.165) is 17.1 Å². The zero-order valence-electron chi connectivity index (χ0n) is 37.9. The number of hydrogen-bond acceptors (Lipinski definition) is 14. The van der Waals surface area contributed by atoms with E-state index < -0.39 is 94.9 Å². The lowest BCUT2D eigenvalue weighted by Crippen LogP contribution is -2.58. The second kappa shape index (κ2) is 19.9. The third kappa shape index (κ3) is 11.9. The molecule has 1 aromatic heterocycles. The van der Waals surface area contributed by atoms with Gasteiger partial charge in [-0.25, -0.2) is 4.79 Å². The number of methoxy groups -OCH3 is 1. The number of nitrogens with one attached hydrogen (secondary N) is 3. The van der Waals surface area contributed by atoms with Crippen LogP contribution in [0.5, 0.6) is 5.75 Å². The van der Waals surface area contributed by atoms with Gasteiger partial charge in [0.25, 0.3) is 11.5 Å². The highest BCUT2D eigenvalue weighted by molar-refractivity contribution is 7.79. The van der Waals surface area contributed by atoms with Crippen molar-refractivity contribution in [2.24, 2.45) is 5.73 Å². The molecule has 4 heterocycles. The molecule has 63 heavy (non-hydrogen) atoms. The molecule has 348 valence electrons. The molecule has 3 aliphatic rings. The van der Waals surface area contributed by atoms with E-state index in [9.17, 15) is 24.0 Å². The SMILES string of the molecule is CO[C@H]1[C@@H](O[Si](C)(C)C(C)(C)C)[C@H](n2ccc(=O)[nH]c2=O)O[C@@H]1[C@H](O[C@H]1OC(C(=O)N[C@H]2CCCCNC2=O)=C[C@H](O[Si](C)(C)C(C)(C)C)[C@@H]1OC(=S)Oc1ccccc1)C(N)=O. The van der Waals surface area contributed by atoms with Crippen molar-refractivity contribution in [2.75, 3.05) is 13.7 Å². The molecular formula is C42H63N5O13SSi2. The molecule has 2 saturated heterocycles. The fourth-order valence-corrected chi connectivity index (χ4v) is 9.48. The van der Waals surface area contributed by atoms with Crippen LogP contribution in [0.15, 0.2) is 64.0 Å². The molecule has 2 aromatic rings. The molecule has 0 aliphatic carbocycles. The maximum absolute atomic E-state index is 14.2. The largest absolute Gasteiger partial charge is 0.455 e. The fourth-order valence-electron chi connectivity index (χ4n) is 6.75. The third-order valence-corrected chi connectivity index (χ3v) is 21.5. The number of benzene rings is 1. The summed E-state index contributed by atoms with van der Waals surface area (Å²) >= 11 is 5.60. The van der Waals surface area contributed by atoms with Crippen molar-refractivity contribution in [1.82, 2.24) is 20.2 Å². The number of aromatic amines is 1. The number of thiocarbonyl (C=S) groups is 1. The Labute approximate surface area is 375 Å². The summed E-state index contributed by atoms with van der Waals surface area (Å²) in [4.78, 5) is 68.6. The van der Waals surface area contributed by atoms with Gasteiger partial charge in [-0.05, 0) is 73.7 Å². The zero-order valence-corrected chi connectivity index (χ0v) is 40.7. The first-order valence-corrected chi connectivity index (χ1v) is 27.3. The number of carbonyl (C=O) groups excluding carboxylic acids is 3. The fraction of sp³-hybridized carbons (Fsp3) is 0.619. The van der Waals surface area contributed by atoms with Crippen LogP contribution in [0.3, 0.4) is 0 Å². The average Bonchev–Trinajstić information content (AvgIpc) is 3.38. The Morgan fingerprint density at radius 3 is 2.19 bits per heavy atom. The minimum absolute atomic E-state index is 0.286. The Morgan fingerprint density at radius 1 is 0.937 bits per heavy atom. The number of amides is 3. The number of aromatic nitrogens is 2. The predicted molar refractivity (Wildman–Crippen MR) is 241 cm³/mol. The van der Waals surface area contributed by atoms with E-state index in [2.05, 4.69) is 15.6 Å². The van der Waals surface area contributed by atoms with Crippen molar-refractivity contribution in [3.8, 4) is 5.75 Å². The molecule has 3 aliphatic heterocycles. The summed E-state index contributed by atoms with van der Waals surface area (Å²) < 4.78 is 52.6. The highest BCUT2D eigenvalue weighted by atomic mass is 32.1. The maximum Gasteiger partial charge on any atom is 0.358 e. The van der Waals surface area contributed by atoms with Crippen molar-refractivity contribution in [1.29, 1.82) is 0 Å². The van der Waals surface area contributed by atoms with E-state index >= 15 is 0 Å². The van der Waals surface area contributed by atoms with Gasteiger partial charge < -0.3 is 53.6 Å². The molecule has 5 N–H and O–H groups in total. The standard InChI is InChI=1S/C42H63N5O13SSi2/c1-41(2,3)62(8,9)59-26-23-27(36(51)45-25-19-15-16-21-44-35(25)50)55-38(29(26)58-40(61)54-24-17-13-12-14-18-24)57-32(34(43)49)31-30(53-7)33(60-63(10,11)42(4,5)6)37(56-31)47-22-20-28(48)46-39(47)52/h12-14,17-18,20,22-23,25-26,29-33,37-38H,15-16,19,21H2,1-11H3,(H2,43,49)(H,44,50)(H,45,51)(H,46,48,52)/t25-,26-,29-,30+,31-,32-,33+,37+,38+/m0/s1. The number of primary amides is 1. The first-order chi connectivity index (χ1) is 29.3. The normalized spacial score (nSPS) is 26.3. The van der Waals surface area contributed by atoms with Crippen LogP contribution >= 0.6 is 12.2 Å². The van der Waals surface area contributed by atoms with Gasteiger partial charge in [-0.2, -0.15) is 0 Å². The lowest BCUT2D eigenvalue weighted by atomic mass is 10.0. The molecule has 18 nitrogen and oxygen atoms in total. The number of H-pyrrole nitrogens is 1. The summed E-state index contributed by atoms with van der Waals surface area (Å²) in [6.45, 7) is 20.7. The van der Waals surface area contributed by atoms with Gasteiger partial charge >= 0.3 is 10.9 Å². The summed E-state index contributed by atoms with van der Waals surface area (Å²) in [5.74, 6) is -2.05. The van der Waals surface area contributed by atoms with Crippen LogP contribution in [0.1, 0.15) is 67.0 Å². The second-order valence-electron chi connectivity index (χ2n) is 18.9. The van der Waals surface area contributed by atoms with Crippen LogP contribution < -0.4 is 32.4 Å². The van der Waals surface area contributed by atoms with Gasteiger partial charge in [-0.15, -0.1) is 0 Å². The number of carbonyl (C=O) groups is 3. The van der Waals surface area contributed by atoms with Crippen LogP contribution in [0, 0.1) is 0 Å². The Kier molecular flexibility index (Phi) is 15.7. The maximum atomic E-state index is 14.2. The summed E-state index contributed by atoms with van der Waals surface area (Å²) in [6, 6.07) is 8.95. The summed E-state index contributed by atoms with van der Waals surface area (Å²) in [6.07, 6.45) is -6.18. The molecule has 1 aromatic carbocycles. The highest BCUT2D eigenvalue weighted by Gasteiger charge is 2.57. The smallest absolute Gasteiger partial charge is 0.358 e. The number of nitrogens with two attached hydrogens (primary N) is 1. The van der Waals surface area contributed by atoms with Crippen molar-refractivity contribution in [2.45, 2.75) is 152 Å². The van der Waals surface area contributed by atoms with Crippen LogP contribution in [0.2, 0.25) is 36.3 Å². The molecule has 2 fully saturated rings. The Bertz CT molecular complexity index is 2120. The molecule has 5 rings (SSSR count). The van der Waals surface area contributed by atoms with Gasteiger partial charge in [0, 0.05) is 38.1 Å². The number of nitrogens with zero attached hydrogens (tertiary/aromatic N) is 1. The van der Waals surface area contributed by atoms with Crippen LogP contribution in [-0.2, 0) is 46.9 Å². The second-order valence-corrected chi connectivity index (χ2v) is 28.8. The predicted octanol–water partition coefficient (Wildman–Crippen LogP) is 3.87. The summed E-state index contributed by atoms with van der Waals surface area (Å²) in [7, 11) is -4.05. The minimum Gasteiger partial charge on any atom is -0.455 e. The van der Waals surface area contributed by atoms with Gasteiger partial charge in [-0.1, -0.05) is 59.7 Å². The number of rotatable bonds is 14. The molecule has 0 bridgehead atoms. The summed E-state index contributed by atoms with van der Waals surface area (Å²) in [5.41, 5.74) is 4.73. The van der Waals surface area contributed by atoms with E-state index in [-0.39, 0.29) is 27.0 Å². The van der Waals surface area contributed by atoms with Crippen LogP contribution in [-0.4, -0.2) is 112 Å². The van der Waals surface area contributed by atoms with E-state index in [1.165, 1.54) is 19.4 Å². The molecule has 21 heteroatoms. The first-order valence-electron chi connectivity index (χ1n) is 21.0. The van der Waals surface area contributed by atoms with Crippen molar-refractivity contribution in [3.05, 3.63) is 75.3 Å². The minimum atomic E-state index is -2.74. The summed E-state index contributed by atoms with van der Waals surface area (Å²) in [5, 5.41) is 4.56. The van der Waals surface area contributed by atoms with Gasteiger partial charge in [-0.3, -0.25) is 28.7 Å². The van der Waals surface area contributed by atoms with Crippen molar-refractivity contribution in [3.63, 3.8) is 0 Å². The van der Waals surface area contributed by atoms with Crippen molar-refractivity contribution >= 4 is 51.8 Å². The van der Waals surface area contributed by atoms with E-state index in [4.69, 9.17) is 55.2 Å². The van der Waals surface area contributed by atoms with Gasteiger partial charge in [0.05, 0.1) is 0 Å². The van der Waals surface area contributed by atoms with Crippen LogP contribution in [0.4, 0.5) is 0 Å². The van der Waals surface area contributed by atoms with Gasteiger partial charge in [0.15, 0.2) is 40.8 Å². The Balaban J connectivity index is 1.60. The lowest BCUT2D eigenvalue weighted by Gasteiger charge is -2.44. The van der Waals surface area contributed by atoms with E-state index in [1.807, 2.05) is 67.7 Å². The van der Waals surface area contributed by atoms with Gasteiger partial charge in [0.2, 0.25) is 18.1 Å². The number of para-hydroxylation sites is 1. The topological polar surface area (TPSA) is 230 Å². The monoisotopic (exact) mass is 933 g/mol. The first kappa shape index (κ1) is 49.8. The van der Waals surface area contributed by atoms with Crippen LogP contribution in [0.25, 0.3) is 0 Å². The van der Waals surface area contributed by atoms with Crippen molar-refractivity contribution < 1.29 is 51.7 Å². The quantitative estimate of drug-likeness (QED) is 0.156.